The SMILES string of the molecule is CCCN(C/C(C)=C\c1ccccc1)C(C)=O. The Morgan fingerprint density at radius 3 is 2.41 bits per heavy atom. The summed E-state index contributed by atoms with van der Waals surface area (Å²) in [5.74, 6) is 0.146. The molecule has 0 aliphatic carbocycles. The Morgan fingerprint density at radius 1 is 1.24 bits per heavy atom. The molecule has 0 saturated carbocycles. The van der Waals surface area contributed by atoms with Crippen LogP contribution in [0.2, 0.25) is 0 Å². The highest BCUT2D eigenvalue weighted by Gasteiger charge is 2.07. The van der Waals surface area contributed by atoms with Crippen LogP contribution in [0.5, 0.6) is 0 Å². The zero-order chi connectivity index (χ0) is 12.7. The van der Waals surface area contributed by atoms with Crippen LogP contribution < -0.4 is 0 Å². The molecule has 0 fully saturated rings. The summed E-state index contributed by atoms with van der Waals surface area (Å²) in [5, 5.41) is 0. The number of amides is 1. The number of carbonyl (C=O) groups excluding carboxylic acids is 1. The van der Waals surface area contributed by atoms with Crippen molar-refractivity contribution in [3.63, 3.8) is 0 Å². The maximum Gasteiger partial charge on any atom is 0.219 e. The summed E-state index contributed by atoms with van der Waals surface area (Å²) < 4.78 is 0. The second-order valence-electron chi connectivity index (χ2n) is 4.34. The Bertz CT molecular complexity index is 381. The minimum atomic E-state index is 0.146. The molecule has 0 saturated heterocycles. The Labute approximate surface area is 104 Å². The molecule has 2 nitrogen and oxygen atoms in total. The van der Waals surface area contributed by atoms with Crippen molar-refractivity contribution in [2.45, 2.75) is 27.2 Å². The van der Waals surface area contributed by atoms with Crippen LogP contribution in [0.15, 0.2) is 35.9 Å². The summed E-state index contributed by atoms with van der Waals surface area (Å²) in [6.07, 6.45) is 3.13. The highest BCUT2D eigenvalue weighted by atomic mass is 16.2. The van der Waals surface area contributed by atoms with E-state index in [9.17, 15) is 4.79 Å². The maximum atomic E-state index is 11.4. The molecule has 1 rings (SSSR count). The van der Waals surface area contributed by atoms with E-state index in [4.69, 9.17) is 0 Å². The lowest BCUT2D eigenvalue weighted by Crippen LogP contribution is -2.30. The average molecular weight is 231 g/mol. The fourth-order valence-electron chi connectivity index (χ4n) is 1.80. The number of hydrogen-bond donors (Lipinski definition) is 0. The van der Waals surface area contributed by atoms with E-state index in [-0.39, 0.29) is 5.91 Å². The lowest BCUT2D eigenvalue weighted by Gasteiger charge is -2.20. The summed E-state index contributed by atoms with van der Waals surface area (Å²) in [6, 6.07) is 10.2. The van der Waals surface area contributed by atoms with Gasteiger partial charge in [0.2, 0.25) is 5.91 Å². The third-order valence-electron chi connectivity index (χ3n) is 2.59. The Balaban J connectivity index is 2.67. The van der Waals surface area contributed by atoms with Crippen LogP contribution in [-0.4, -0.2) is 23.9 Å². The van der Waals surface area contributed by atoms with Gasteiger partial charge in [-0.15, -0.1) is 0 Å². The van der Waals surface area contributed by atoms with Gasteiger partial charge in [0.1, 0.15) is 0 Å². The largest absolute Gasteiger partial charge is 0.339 e. The zero-order valence-corrected chi connectivity index (χ0v) is 10.9. The Morgan fingerprint density at radius 2 is 1.88 bits per heavy atom. The topological polar surface area (TPSA) is 20.3 Å². The number of carbonyl (C=O) groups is 1. The molecule has 0 aliphatic heterocycles. The Kier molecular flexibility index (Phi) is 5.47. The molecule has 0 spiro atoms. The van der Waals surface area contributed by atoms with Gasteiger partial charge in [0, 0.05) is 20.0 Å². The molecule has 1 aromatic carbocycles. The van der Waals surface area contributed by atoms with E-state index in [1.54, 1.807) is 6.92 Å². The van der Waals surface area contributed by atoms with Crippen LogP contribution in [0, 0.1) is 0 Å². The first-order valence-corrected chi connectivity index (χ1v) is 6.11. The summed E-state index contributed by atoms with van der Waals surface area (Å²) in [6.45, 7) is 7.34. The maximum absolute atomic E-state index is 11.4. The van der Waals surface area contributed by atoms with Crippen molar-refractivity contribution in [1.29, 1.82) is 0 Å². The smallest absolute Gasteiger partial charge is 0.219 e. The van der Waals surface area contributed by atoms with Crippen molar-refractivity contribution >= 4 is 12.0 Å². The molecule has 92 valence electrons. The summed E-state index contributed by atoms with van der Waals surface area (Å²) >= 11 is 0. The van der Waals surface area contributed by atoms with Crippen LogP contribution in [0.3, 0.4) is 0 Å². The lowest BCUT2D eigenvalue weighted by atomic mass is 10.1. The fraction of sp³-hybridized carbons (Fsp3) is 0.400. The van der Waals surface area contributed by atoms with Gasteiger partial charge in [-0.1, -0.05) is 48.9 Å². The molecule has 1 amide bonds. The molecule has 0 heterocycles. The predicted molar refractivity (Wildman–Crippen MR) is 72.6 cm³/mol. The number of hydrogen-bond acceptors (Lipinski definition) is 1. The molecule has 0 bridgehead atoms. The van der Waals surface area contributed by atoms with E-state index in [0.717, 1.165) is 19.5 Å². The second kappa shape index (κ2) is 6.89. The third-order valence-corrected chi connectivity index (χ3v) is 2.59. The summed E-state index contributed by atoms with van der Waals surface area (Å²) in [4.78, 5) is 13.3. The van der Waals surface area contributed by atoms with Gasteiger partial charge in [0.15, 0.2) is 0 Å². The molecule has 0 atom stereocenters. The molecule has 0 aromatic heterocycles. The van der Waals surface area contributed by atoms with E-state index >= 15 is 0 Å². The molecule has 17 heavy (non-hydrogen) atoms. The molecule has 0 N–H and O–H groups in total. The monoisotopic (exact) mass is 231 g/mol. The molecule has 1 aromatic rings. The van der Waals surface area contributed by atoms with Gasteiger partial charge < -0.3 is 4.90 Å². The normalized spacial score (nSPS) is 11.4. The highest BCUT2D eigenvalue weighted by molar-refractivity contribution is 5.73. The molecule has 0 unspecified atom stereocenters. The van der Waals surface area contributed by atoms with E-state index in [0.29, 0.717) is 0 Å². The van der Waals surface area contributed by atoms with E-state index < -0.39 is 0 Å². The standard InChI is InChI=1S/C15H21NO/c1-4-10-16(14(3)17)12-13(2)11-15-8-6-5-7-9-15/h5-9,11H,4,10,12H2,1-3H3/b13-11-. The van der Waals surface area contributed by atoms with Crippen molar-refractivity contribution in [3.8, 4) is 0 Å². The first-order chi connectivity index (χ1) is 8.13. The minimum absolute atomic E-state index is 0.146. The minimum Gasteiger partial charge on any atom is -0.339 e. The lowest BCUT2D eigenvalue weighted by molar-refractivity contribution is -0.128. The van der Waals surface area contributed by atoms with Gasteiger partial charge in [0.25, 0.3) is 0 Å². The zero-order valence-electron chi connectivity index (χ0n) is 10.9. The van der Waals surface area contributed by atoms with Crippen LogP contribution in [0.4, 0.5) is 0 Å². The molecule has 0 radical (unpaired) electrons. The molecule has 2 heteroatoms. The van der Waals surface area contributed by atoms with Crippen LogP contribution in [0.1, 0.15) is 32.8 Å². The molecule has 0 aliphatic rings. The second-order valence-corrected chi connectivity index (χ2v) is 4.34. The van der Waals surface area contributed by atoms with Crippen LogP contribution in [-0.2, 0) is 4.79 Å². The first-order valence-electron chi connectivity index (χ1n) is 6.11. The average Bonchev–Trinajstić information content (AvgIpc) is 2.29. The summed E-state index contributed by atoms with van der Waals surface area (Å²) in [5.41, 5.74) is 2.39. The van der Waals surface area contributed by atoms with Gasteiger partial charge in [-0.2, -0.15) is 0 Å². The van der Waals surface area contributed by atoms with Crippen molar-refractivity contribution < 1.29 is 4.79 Å². The van der Waals surface area contributed by atoms with Crippen molar-refractivity contribution in [2.75, 3.05) is 13.1 Å². The Hall–Kier alpha value is -1.57. The van der Waals surface area contributed by atoms with Gasteiger partial charge in [-0.25, -0.2) is 0 Å². The number of rotatable bonds is 5. The van der Waals surface area contributed by atoms with E-state index in [2.05, 4.69) is 32.1 Å². The fourth-order valence-corrected chi connectivity index (χ4v) is 1.80. The van der Waals surface area contributed by atoms with Gasteiger partial charge in [-0.05, 0) is 18.9 Å². The van der Waals surface area contributed by atoms with Crippen LogP contribution in [0.25, 0.3) is 6.08 Å². The van der Waals surface area contributed by atoms with E-state index in [1.807, 2.05) is 23.1 Å². The van der Waals surface area contributed by atoms with E-state index in [1.165, 1.54) is 11.1 Å². The van der Waals surface area contributed by atoms with Crippen LogP contribution >= 0.6 is 0 Å². The summed E-state index contributed by atoms with van der Waals surface area (Å²) in [7, 11) is 0. The third kappa shape index (κ3) is 4.85. The van der Waals surface area contributed by atoms with Crippen molar-refractivity contribution in [3.05, 3.63) is 41.5 Å². The molecular formula is C15H21NO. The first kappa shape index (κ1) is 13.5. The number of benzene rings is 1. The van der Waals surface area contributed by atoms with Crippen molar-refractivity contribution in [2.24, 2.45) is 0 Å². The van der Waals surface area contributed by atoms with Crippen molar-refractivity contribution in [1.82, 2.24) is 4.90 Å². The molecular weight excluding hydrogens is 210 g/mol. The van der Waals surface area contributed by atoms with Gasteiger partial charge in [-0.3, -0.25) is 4.79 Å². The number of nitrogens with zero attached hydrogens (tertiary/aromatic N) is 1. The van der Waals surface area contributed by atoms with Gasteiger partial charge >= 0.3 is 0 Å². The van der Waals surface area contributed by atoms with Gasteiger partial charge in [0.05, 0.1) is 0 Å². The highest BCUT2D eigenvalue weighted by Crippen LogP contribution is 2.08. The predicted octanol–water partition coefficient (Wildman–Crippen LogP) is 3.35. The quantitative estimate of drug-likeness (QED) is 0.761.